The zero-order valence-corrected chi connectivity index (χ0v) is 18.1. The average Bonchev–Trinajstić information content (AvgIpc) is 3.28. The molecule has 11 heteroatoms. The topological polar surface area (TPSA) is 85.0 Å². The maximum absolute atomic E-state index is 13.1. The minimum atomic E-state index is -4.51. The molecule has 1 amide bonds. The Morgan fingerprint density at radius 1 is 1.19 bits per heavy atom. The van der Waals surface area contributed by atoms with Crippen LogP contribution in [0.3, 0.4) is 0 Å². The normalized spacial score (nSPS) is 11.8. The smallest absolute Gasteiger partial charge is 0.316 e. The minimum absolute atomic E-state index is 0.0416. The van der Waals surface area contributed by atoms with Gasteiger partial charge >= 0.3 is 6.18 Å². The van der Waals surface area contributed by atoms with Gasteiger partial charge in [-0.15, -0.1) is 0 Å². The zero-order valence-electron chi connectivity index (χ0n) is 18.1. The second kappa shape index (κ2) is 8.95. The summed E-state index contributed by atoms with van der Waals surface area (Å²) in [6.07, 6.45) is -1.46. The first-order valence-corrected chi connectivity index (χ1v) is 9.74. The Morgan fingerprint density at radius 2 is 1.91 bits per heavy atom. The van der Waals surface area contributed by atoms with Gasteiger partial charge in [-0.05, 0) is 46.1 Å². The zero-order chi connectivity index (χ0) is 23.6. The number of anilines is 1. The number of Topliss-reactive ketones (excluding diaryl/α,β-unsaturated/α-hetero) is 1. The molecule has 0 aliphatic rings. The number of nitrogens with zero attached hydrogens (tertiary/aromatic N) is 5. The summed E-state index contributed by atoms with van der Waals surface area (Å²) in [5.74, 6) is -1.72. The fourth-order valence-electron chi connectivity index (χ4n) is 3.19. The van der Waals surface area contributed by atoms with Gasteiger partial charge in [0.1, 0.15) is 0 Å². The molecule has 0 bridgehead atoms. The standard InChI is InChI=1S/C21H23F3N6O2/c1-13-18(14(2)30(27-13)17-7-5-6-15(10-17)21(22,23)24)19(31)20(32)26-16-11-25-29(12-16)9-8-28(3)4/h5-7,10-12H,8-9H2,1-4H3,(H,26,32). The van der Waals surface area contributed by atoms with Crippen molar-refractivity contribution < 1.29 is 22.8 Å². The number of carbonyl (C=O) groups excluding carboxylic acids is 2. The molecule has 0 saturated heterocycles. The summed E-state index contributed by atoms with van der Waals surface area (Å²) in [7, 11) is 3.85. The van der Waals surface area contributed by atoms with Crippen molar-refractivity contribution in [2.24, 2.45) is 0 Å². The third kappa shape index (κ3) is 5.05. The summed E-state index contributed by atoms with van der Waals surface area (Å²) in [4.78, 5) is 27.3. The van der Waals surface area contributed by atoms with Crippen LogP contribution in [-0.2, 0) is 17.5 Å². The van der Waals surface area contributed by atoms with Crippen molar-refractivity contribution in [3.63, 3.8) is 0 Å². The lowest BCUT2D eigenvalue weighted by atomic mass is 10.1. The molecule has 0 radical (unpaired) electrons. The molecule has 0 atom stereocenters. The molecule has 32 heavy (non-hydrogen) atoms. The summed E-state index contributed by atoms with van der Waals surface area (Å²) in [6, 6.07) is 4.60. The van der Waals surface area contributed by atoms with Crippen molar-refractivity contribution in [3.05, 3.63) is 59.2 Å². The van der Waals surface area contributed by atoms with Crippen LogP contribution in [0.2, 0.25) is 0 Å². The Hall–Kier alpha value is -3.47. The van der Waals surface area contributed by atoms with E-state index in [9.17, 15) is 22.8 Å². The lowest BCUT2D eigenvalue weighted by molar-refractivity contribution is -0.137. The van der Waals surface area contributed by atoms with Gasteiger partial charge in [0.15, 0.2) is 0 Å². The molecule has 8 nitrogen and oxygen atoms in total. The number of likely N-dealkylation sites (N-methyl/N-ethyl adjacent to an activating group) is 1. The maximum atomic E-state index is 13.1. The van der Waals surface area contributed by atoms with E-state index in [0.29, 0.717) is 12.2 Å². The lowest BCUT2D eigenvalue weighted by Crippen LogP contribution is -2.24. The summed E-state index contributed by atoms with van der Waals surface area (Å²) >= 11 is 0. The van der Waals surface area contributed by atoms with Crippen molar-refractivity contribution in [3.8, 4) is 5.69 Å². The highest BCUT2D eigenvalue weighted by molar-refractivity contribution is 6.47. The highest BCUT2D eigenvalue weighted by atomic mass is 19.4. The predicted octanol–water partition coefficient (Wildman–Crippen LogP) is 3.09. The molecule has 2 heterocycles. The van der Waals surface area contributed by atoms with Crippen molar-refractivity contribution in [1.82, 2.24) is 24.5 Å². The van der Waals surface area contributed by atoms with Crippen molar-refractivity contribution in [2.45, 2.75) is 26.6 Å². The van der Waals surface area contributed by atoms with Crippen molar-refractivity contribution in [2.75, 3.05) is 26.0 Å². The molecule has 0 fully saturated rings. The molecule has 170 valence electrons. The second-order valence-corrected chi connectivity index (χ2v) is 7.58. The van der Waals surface area contributed by atoms with E-state index in [0.717, 1.165) is 18.7 Å². The number of rotatable bonds is 7. The first-order valence-electron chi connectivity index (χ1n) is 9.74. The first kappa shape index (κ1) is 23.2. The second-order valence-electron chi connectivity index (χ2n) is 7.58. The number of aryl methyl sites for hydroxylation is 1. The van der Waals surface area contributed by atoms with E-state index in [1.165, 1.54) is 36.9 Å². The van der Waals surface area contributed by atoms with Crippen LogP contribution < -0.4 is 5.32 Å². The summed E-state index contributed by atoms with van der Waals surface area (Å²) < 4.78 is 42.0. The number of aromatic nitrogens is 4. The van der Waals surface area contributed by atoms with Gasteiger partial charge in [-0.3, -0.25) is 14.3 Å². The Balaban J connectivity index is 1.81. The summed E-state index contributed by atoms with van der Waals surface area (Å²) in [6.45, 7) is 4.41. The molecular formula is C21H23F3N6O2. The van der Waals surface area contributed by atoms with Crippen LogP contribution in [-0.4, -0.2) is 56.8 Å². The van der Waals surface area contributed by atoms with Gasteiger partial charge in [0.2, 0.25) is 0 Å². The highest BCUT2D eigenvalue weighted by Crippen LogP contribution is 2.31. The van der Waals surface area contributed by atoms with Gasteiger partial charge < -0.3 is 10.2 Å². The molecule has 0 saturated carbocycles. The Bertz CT molecular complexity index is 1150. The van der Waals surface area contributed by atoms with E-state index in [2.05, 4.69) is 15.5 Å². The van der Waals surface area contributed by atoms with Crippen LogP contribution >= 0.6 is 0 Å². The molecule has 3 aromatic rings. The van der Waals surface area contributed by atoms with Gasteiger partial charge in [-0.1, -0.05) is 6.07 Å². The minimum Gasteiger partial charge on any atom is -0.316 e. The monoisotopic (exact) mass is 448 g/mol. The van der Waals surface area contributed by atoms with E-state index in [4.69, 9.17) is 0 Å². The van der Waals surface area contributed by atoms with E-state index < -0.39 is 23.4 Å². The highest BCUT2D eigenvalue weighted by Gasteiger charge is 2.31. The van der Waals surface area contributed by atoms with Gasteiger partial charge in [-0.2, -0.15) is 23.4 Å². The first-order chi connectivity index (χ1) is 15.0. The SMILES string of the molecule is Cc1nn(-c2cccc(C(F)(F)F)c2)c(C)c1C(=O)C(=O)Nc1cnn(CCN(C)C)c1. The van der Waals surface area contributed by atoms with E-state index >= 15 is 0 Å². The molecule has 1 N–H and O–H groups in total. The van der Waals surface area contributed by atoms with Gasteiger partial charge in [0.05, 0.1) is 46.6 Å². The van der Waals surface area contributed by atoms with Gasteiger partial charge in [0.25, 0.3) is 11.7 Å². The quantitative estimate of drug-likeness (QED) is 0.444. The molecule has 3 rings (SSSR count). The average molecular weight is 448 g/mol. The lowest BCUT2D eigenvalue weighted by Gasteiger charge is -2.10. The Kier molecular flexibility index (Phi) is 6.49. The number of halogens is 3. The molecule has 0 unspecified atom stereocenters. The van der Waals surface area contributed by atoms with Crippen molar-refractivity contribution >= 4 is 17.4 Å². The number of hydrogen-bond acceptors (Lipinski definition) is 5. The van der Waals surface area contributed by atoms with Crippen LogP contribution in [0.1, 0.15) is 27.3 Å². The molecule has 1 aromatic carbocycles. The van der Waals surface area contributed by atoms with Gasteiger partial charge in [-0.25, -0.2) is 4.68 Å². The molecule has 2 aromatic heterocycles. The number of amides is 1. The number of benzene rings is 1. The third-order valence-corrected chi connectivity index (χ3v) is 4.81. The fourth-order valence-corrected chi connectivity index (χ4v) is 3.19. The number of hydrogen-bond donors (Lipinski definition) is 1. The molecule has 0 aliphatic heterocycles. The number of ketones is 1. The summed E-state index contributed by atoms with van der Waals surface area (Å²) in [5, 5.41) is 10.8. The van der Waals surface area contributed by atoms with Crippen molar-refractivity contribution in [1.29, 1.82) is 0 Å². The Morgan fingerprint density at radius 3 is 2.56 bits per heavy atom. The molecular weight excluding hydrogens is 425 g/mol. The van der Waals surface area contributed by atoms with Crippen LogP contribution in [0.4, 0.5) is 18.9 Å². The van der Waals surface area contributed by atoms with Crippen LogP contribution in [0.15, 0.2) is 36.7 Å². The van der Waals surface area contributed by atoms with Crippen LogP contribution in [0, 0.1) is 13.8 Å². The largest absolute Gasteiger partial charge is 0.416 e. The third-order valence-electron chi connectivity index (χ3n) is 4.81. The number of carbonyl (C=O) groups is 2. The predicted molar refractivity (Wildman–Crippen MR) is 112 cm³/mol. The summed E-state index contributed by atoms with van der Waals surface area (Å²) in [5.41, 5.74) is 0.217. The van der Waals surface area contributed by atoms with Crippen LogP contribution in [0.25, 0.3) is 5.69 Å². The van der Waals surface area contributed by atoms with Crippen LogP contribution in [0.5, 0.6) is 0 Å². The molecule has 0 aliphatic carbocycles. The van der Waals surface area contributed by atoms with E-state index in [-0.39, 0.29) is 22.6 Å². The fraction of sp³-hybridized carbons (Fsp3) is 0.333. The number of alkyl halides is 3. The Labute approximate surface area is 182 Å². The maximum Gasteiger partial charge on any atom is 0.416 e. The van der Waals surface area contributed by atoms with E-state index in [1.807, 2.05) is 19.0 Å². The molecule has 0 spiro atoms. The number of nitrogens with one attached hydrogen (secondary N) is 1. The van der Waals surface area contributed by atoms with E-state index in [1.54, 1.807) is 10.9 Å². The van der Waals surface area contributed by atoms with Gasteiger partial charge in [0, 0.05) is 12.7 Å².